The Hall–Kier alpha value is -1.62. The molecule has 4 nitrogen and oxygen atoms in total. The lowest BCUT2D eigenvalue weighted by molar-refractivity contribution is 1.08. The van der Waals surface area contributed by atoms with E-state index in [2.05, 4.69) is 40.5 Å². The van der Waals surface area contributed by atoms with Crippen molar-refractivity contribution < 1.29 is 0 Å². The summed E-state index contributed by atoms with van der Waals surface area (Å²) in [6.07, 6.45) is 1.57. The Morgan fingerprint density at radius 1 is 1.11 bits per heavy atom. The molecule has 2 N–H and O–H groups in total. The molecular weight excluding hydrogens is 244 g/mol. The Bertz CT molecular complexity index is 502. The maximum absolute atomic E-state index is 4.21. The van der Waals surface area contributed by atoms with Gasteiger partial charge in [0.15, 0.2) is 0 Å². The summed E-state index contributed by atoms with van der Waals surface area (Å²) in [5.41, 5.74) is 1.35. The van der Waals surface area contributed by atoms with E-state index >= 15 is 0 Å². The lowest BCUT2D eigenvalue weighted by atomic mass is 10.3. The van der Waals surface area contributed by atoms with Crippen molar-refractivity contribution in [2.24, 2.45) is 0 Å². The summed E-state index contributed by atoms with van der Waals surface area (Å²) in [7, 11) is 0. The van der Waals surface area contributed by atoms with Gasteiger partial charge in [0.2, 0.25) is 0 Å². The fourth-order valence-corrected chi connectivity index (χ4v) is 2.64. The van der Waals surface area contributed by atoms with Crippen LogP contribution in [0.1, 0.15) is 22.2 Å². The number of aromatic nitrogens is 2. The standard InChI is InChI=1S/C13H18N4S/c1-4-14-12-6-13(17-8-16-12)15-7-11-5-9(2)10(3)18-11/h5-6,8H,4,7H2,1-3H3,(H2,14,15,16,17). The van der Waals surface area contributed by atoms with Crippen LogP contribution in [0.5, 0.6) is 0 Å². The van der Waals surface area contributed by atoms with Gasteiger partial charge in [-0.15, -0.1) is 11.3 Å². The fourth-order valence-electron chi connectivity index (χ4n) is 1.65. The summed E-state index contributed by atoms with van der Waals surface area (Å²) >= 11 is 1.83. The van der Waals surface area contributed by atoms with E-state index in [1.807, 2.05) is 24.3 Å². The van der Waals surface area contributed by atoms with E-state index in [1.165, 1.54) is 15.3 Å². The second kappa shape index (κ2) is 5.82. The smallest absolute Gasteiger partial charge is 0.131 e. The van der Waals surface area contributed by atoms with Crippen LogP contribution in [0.25, 0.3) is 0 Å². The average molecular weight is 262 g/mol. The summed E-state index contributed by atoms with van der Waals surface area (Å²) in [6.45, 7) is 8.01. The first-order valence-corrected chi connectivity index (χ1v) is 6.86. The van der Waals surface area contributed by atoms with Crippen LogP contribution in [0.15, 0.2) is 18.5 Å². The summed E-state index contributed by atoms with van der Waals surface area (Å²) < 4.78 is 0. The number of aryl methyl sites for hydroxylation is 2. The first-order valence-electron chi connectivity index (χ1n) is 6.04. The van der Waals surface area contributed by atoms with Gasteiger partial charge in [-0.05, 0) is 32.4 Å². The fraction of sp³-hybridized carbons (Fsp3) is 0.385. The molecule has 0 spiro atoms. The van der Waals surface area contributed by atoms with Gasteiger partial charge >= 0.3 is 0 Å². The molecule has 2 rings (SSSR count). The zero-order valence-corrected chi connectivity index (χ0v) is 11.8. The molecular formula is C13H18N4S. The van der Waals surface area contributed by atoms with Gasteiger partial charge in [-0.1, -0.05) is 0 Å². The lowest BCUT2D eigenvalue weighted by Crippen LogP contribution is -2.03. The first kappa shape index (κ1) is 12.8. The highest BCUT2D eigenvalue weighted by atomic mass is 32.1. The van der Waals surface area contributed by atoms with Crippen LogP contribution in [0, 0.1) is 13.8 Å². The summed E-state index contributed by atoms with van der Waals surface area (Å²) in [6, 6.07) is 4.15. The van der Waals surface area contributed by atoms with Crippen molar-refractivity contribution in [3.8, 4) is 0 Å². The molecule has 2 aromatic rings. The number of nitrogens with zero attached hydrogens (tertiary/aromatic N) is 2. The molecule has 0 fully saturated rings. The minimum absolute atomic E-state index is 0.807. The number of nitrogens with one attached hydrogen (secondary N) is 2. The van der Waals surface area contributed by atoms with Crippen molar-refractivity contribution in [1.82, 2.24) is 9.97 Å². The average Bonchev–Trinajstić information content (AvgIpc) is 2.67. The van der Waals surface area contributed by atoms with E-state index < -0.39 is 0 Å². The summed E-state index contributed by atoms with van der Waals surface area (Å²) in [5.74, 6) is 1.71. The molecule has 0 aromatic carbocycles. The zero-order valence-electron chi connectivity index (χ0n) is 10.9. The maximum Gasteiger partial charge on any atom is 0.131 e. The number of hydrogen-bond acceptors (Lipinski definition) is 5. The molecule has 0 aliphatic heterocycles. The highest BCUT2D eigenvalue weighted by Crippen LogP contribution is 2.21. The van der Waals surface area contributed by atoms with Crippen molar-refractivity contribution in [1.29, 1.82) is 0 Å². The lowest BCUT2D eigenvalue weighted by Gasteiger charge is -2.06. The van der Waals surface area contributed by atoms with E-state index in [4.69, 9.17) is 0 Å². The Balaban J connectivity index is 1.99. The van der Waals surface area contributed by atoms with E-state index in [0.717, 1.165) is 24.7 Å². The van der Waals surface area contributed by atoms with E-state index in [-0.39, 0.29) is 0 Å². The Morgan fingerprint density at radius 2 is 1.83 bits per heavy atom. The minimum atomic E-state index is 0.807. The van der Waals surface area contributed by atoms with Crippen molar-refractivity contribution in [2.75, 3.05) is 17.2 Å². The predicted molar refractivity (Wildman–Crippen MR) is 77.3 cm³/mol. The normalized spacial score (nSPS) is 10.4. The van der Waals surface area contributed by atoms with Crippen molar-refractivity contribution in [2.45, 2.75) is 27.3 Å². The molecule has 5 heteroatoms. The molecule has 0 aliphatic carbocycles. The van der Waals surface area contributed by atoms with Crippen LogP contribution in [-0.4, -0.2) is 16.5 Å². The van der Waals surface area contributed by atoms with Crippen LogP contribution in [-0.2, 0) is 6.54 Å². The van der Waals surface area contributed by atoms with Gasteiger partial charge in [0, 0.05) is 22.4 Å². The van der Waals surface area contributed by atoms with Crippen LogP contribution in [0.4, 0.5) is 11.6 Å². The number of rotatable bonds is 5. The van der Waals surface area contributed by atoms with Crippen molar-refractivity contribution in [3.63, 3.8) is 0 Å². The second-order valence-electron chi connectivity index (χ2n) is 4.12. The Labute approximate surface area is 111 Å². The topological polar surface area (TPSA) is 49.8 Å². The molecule has 96 valence electrons. The third-order valence-electron chi connectivity index (χ3n) is 2.69. The van der Waals surface area contributed by atoms with Gasteiger partial charge in [-0.2, -0.15) is 0 Å². The Morgan fingerprint density at radius 3 is 2.44 bits per heavy atom. The SMILES string of the molecule is CCNc1cc(NCc2cc(C)c(C)s2)ncn1. The van der Waals surface area contributed by atoms with Gasteiger partial charge < -0.3 is 10.6 Å². The molecule has 0 radical (unpaired) electrons. The number of hydrogen-bond donors (Lipinski definition) is 2. The van der Waals surface area contributed by atoms with Gasteiger partial charge in [0.25, 0.3) is 0 Å². The monoisotopic (exact) mass is 262 g/mol. The van der Waals surface area contributed by atoms with Crippen LogP contribution in [0.3, 0.4) is 0 Å². The summed E-state index contributed by atoms with van der Waals surface area (Å²) in [5, 5.41) is 6.49. The third kappa shape index (κ3) is 3.20. The zero-order chi connectivity index (χ0) is 13.0. The first-order chi connectivity index (χ1) is 8.69. The minimum Gasteiger partial charge on any atom is -0.370 e. The molecule has 0 bridgehead atoms. The summed E-state index contributed by atoms with van der Waals surface area (Å²) in [4.78, 5) is 11.1. The quantitative estimate of drug-likeness (QED) is 0.869. The third-order valence-corrected chi connectivity index (χ3v) is 3.84. The molecule has 0 atom stereocenters. The van der Waals surface area contributed by atoms with Crippen molar-refractivity contribution in [3.05, 3.63) is 33.8 Å². The Kier molecular flexibility index (Phi) is 4.15. The van der Waals surface area contributed by atoms with E-state index in [9.17, 15) is 0 Å². The molecule has 0 saturated heterocycles. The molecule has 0 saturated carbocycles. The molecule has 18 heavy (non-hydrogen) atoms. The molecule has 2 heterocycles. The second-order valence-corrected chi connectivity index (χ2v) is 5.47. The van der Waals surface area contributed by atoms with Gasteiger partial charge in [0.1, 0.15) is 18.0 Å². The van der Waals surface area contributed by atoms with E-state index in [0.29, 0.717) is 0 Å². The van der Waals surface area contributed by atoms with Gasteiger partial charge in [-0.25, -0.2) is 9.97 Å². The molecule has 2 aromatic heterocycles. The number of anilines is 2. The predicted octanol–water partition coefficient (Wildman–Crippen LogP) is 3.20. The van der Waals surface area contributed by atoms with Crippen molar-refractivity contribution >= 4 is 23.0 Å². The van der Waals surface area contributed by atoms with Crippen LogP contribution >= 0.6 is 11.3 Å². The molecule has 0 amide bonds. The van der Waals surface area contributed by atoms with Crippen LogP contribution < -0.4 is 10.6 Å². The van der Waals surface area contributed by atoms with Gasteiger partial charge in [0.05, 0.1) is 6.54 Å². The molecule has 0 aliphatic rings. The maximum atomic E-state index is 4.21. The molecule has 0 unspecified atom stereocenters. The number of thiophene rings is 1. The highest BCUT2D eigenvalue weighted by molar-refractivity contribution is 7.12. The van der Waals surface area contributed by atoms with Crippen LogP contribution in [0.2, 0.25) is 0 Å². The van der Waals surface area contributed by atoms with E-state index in [1.54, 1.807) is 6.33 Å². The largest absolute Gasteiger partial charge is 0.370 e. The van der Waals surface area contributed by atoms with Gasteiger partial charge in [-0.3, -0.25) is 0 Å². The highest BCUT2D eigenvalue weighted by Gasteiger charge is 2.02.